The maximum atomic E-state index is 13.1. The molecule has 0 aromatic heterocycles. The topological polar surface area (TPSA) is 47.6 Å². The minimum absolute atomic E-state index is 0.0302. The first-order valence-corrected chi connectivity index (χ1v) is 8.58. The summed E-state index contributed by atoms with van der Waals surface area (Å²) in [6.45, 7) is 1.04. The molecule has 1 fully saturated rings. The van der Waals surface area contributed by atoms with Crippen LogP contribution in [0, 0.1) is 5.82 Å². The summed E-state index contributed by atoms with van der Waals surface area (Å²) in [6.07, 6.45) is 3.56. The van der Waals surface area contributed by atoms with Crippen molar-refractivity contribution in [1.29, 1.82) is 0 Å². The minimum Gasteiger partial charge on any atom is -0.489 e. The Labute approximate surface area is 147 Å². The van der Waals surface area contributed by atoms with Gasteiger partial charge in [0.05, 0.1) is 12.5 Å². The predicted molar refractivity (Wildman–Crippen MR) is 94.0 cm³/mol. The van der Waals surface area contributed by atoms with Crippen LogP contribution in [0.25, 0.3) is 0 Å². The summed E-state index contributed by atoms with van der Waals surface area (Å²) < 4.78 is 24.3. The van der Waals surface area contributed by atoms with Crippen LogP contribution >= 0.6 is 0 Å². The molecule has 4 nitrogen and oxygen atoms in total. The predicted octanol–water partition coefficient (Wildman–Crippen LogP) is 4.30. The van der Waals surface area contributed by atoms with E-state index in [4.69, 9.17) is 9.47 Å². The molecule has 1 amide bonds. The molecular formula is C20H22FNO3. The molecule has 1 unspecified atom stereocenters. The highest BCUT2D eigenvalue weighted by atomic mass is 19.1. The van der Waals surface area contributed by atoms with E-state index in [9.17, 15) is 9.18 Å². The van der Waals surface area contributed by atoms with Gasteiger partial charge in [-0.1, -0.05) is 12.1 Å². The number of anilines is 1. The first-order chi connectivity index (χ1) is 12.2. The van der Waals surface area contributed by atoms with E-state index >= 15 is 0 Å². The first kappa shape index (κ1) is 17.4. The van der Waals surface area contributed by atoms with Gasteiger partial charge in [0.25, 0.3) is 0 Å². The summed E-state index contributed by atoms with van der Waals surface area (Å²) in [6, 6.07) is 13.5. The lowest BCUT2D eigenvalue weighted by atomic mass is 10.1. The summed E-state index contributed by atoms with van der Waals surface area (Å²) in [7, 11) is 0. The van der Waals surface area contributed by atoms with Crippen LogP contribution in [0.1, 0.15) is 31.2 Å². The van der Waals surface area contributed by atoms with Gasteiger partial charge in [-0.05, 0) is 61.2 Å². The summed E-state index contributed by atoms with van der Waals surface area (Å²) >= 11 is 0. The van der Waals surface area contributed by atoms with E-state index < -0.39 is 0 Å². The Morgan fingerprint density at radius 3 is 2.76 bits per heavy atom. The van der Waals surface area contributed by atoms with Crippen molar-refractivity contribution in [2.45, 2.75) is 38.4 Å². The van der Waals surface area contributed by atoms with Crippen LogP contribution in [0.4, 0.5) is 10.1 Å². The number of nitrogens with one attached hydrogen (secondary N) is 1. The largest absolute Gasteiger partial charge is 0.489 e. The average Bonchev–Trinajstić information content (AvgIpc) is 2.62. The maximum absolute atomic E-state index is 13.1. The fourth-order valence-electron chi connectivity index (χ4n) is 2.82. The van der Waals surface area contributed by atoms with Crippen LogP contribution in [0.3, 0.4) is 0 Å². The quantitative estimate of drug-likeness (QED) is 0.850. The van der Waals surface area contributed by atoms with Gasteiger partial charge in [-0.3, -0.25) is 4.79 Å². The zero-order chi connectivity index (χ0) is 17.5. The smallest absolute Gasteiger partial charge is 0.226 e. The summed E-state index contributed by atoms with van der Waals surface area (Å²) in [4.78, 5) is 12.1. The lowest BCUT2D eigenvalue weighted by Crippen LogP contribution is -2.25. The number of carbonyl (C=O) groups excluding carboxylic acids is 1. The molecule has 0 aliphatic carbocycles. The second-order valence-corrected chi connectivity index (χ2v) is 6.18. The van der Waals surface area contributed by atoms with Crippen molar-refractivity contribution in [3.63, 3.8) is 0 Å². The van der Waals surface area contributed by atoms with Gasteiger partial charge in [-0.25, -0.2) is 4.39 Å². The number of halogens is 1. The van der Waals surface area contributed by atoms with Gasteiger partial charge in [0.1, 0.15) is 18.2 Å². The van der Waals surface area contributed by atoms with E-state index in [1.165, 1.54) is 12.1 Å². The van der Waals surface area contributed by atoms with Gasteiger partial charge in [0.15, 0.2) is 0 Å². The second-order valence-electron chi connectivity index (χ2n) is 6.18. The van der Waals surface area contributed by atoms with Crippen molar-refractivity contribution in [2.75, 3.05) is 11.9 Å². The average molecular weight is 343 g/mol. The summed E-state index contributed by atoms with van der Waals surface area (Å²) in [5, 5.41) is 2.87. The molecule has 1 atom stereocenters. The van der Waals surface area contributed by atoms with Crippen molar-refractivity contribution >= 4 is 11.6 Å². The molecule has 2 aromatic rings. The number of amides is 1. The molecule has 1 heterocycles. The zero-order valence-electron chi connectivity index (χ0n) is 14.0. The maximum Gasteiger partial charge on any atom is 0.226 e. The molecule has 0 radical (unpaired) electrons. The molecule has 1 saturated heterocycles. The van der Waals surface area contributed by atoms with E-state index in [-0.39, 0.29) is 17.8 Å². The third-order valence-electron chi connectivity index (χ3n) is 4.12. The number of carbonyl (C=O) groups is 1. The molecule has 5 heteroatoms. The highest BCUT2D eigenvalue weighted by molar-refractivity contribution is 5.91. The third kappa shape index (κ3) is 5.57. The lowest BCUT2D eigenvalue weighted by Gasteiger charge is -2.21. The minimum atomic E-state index is -0.277. The molecule has 0 bridgehead atoms. The van der Waals surface area contributed by atoms with Gasteiger partial charge >= 0.3 is 0 Å². The van der Waals surface area contributed by atoms with Gasteiger partial charge in [-0.15, -0.1) is 0 Å². The Balaban J connectivity index is 1.47. The molecule has 1 N–H and O–H groups in total. The number of benzene rings is 2. The van der Waals surface area contributed by atoms with Crippen LogP contribution in [0.15, 0.2) is 48.5 Å². The first-order valence-electron chi connectivity index (χ1n) is 8.58. The van der Waals surface area contributed by atoms with Crippen molar-refractivity contribution in [3.8, 4) is 5.75 Å². The standard InChI is InChI=1S/C20H22FNO3/c21-16-5-3-4-15(12-16)14-25-18-9-7-17(8-10-18)22-20(23)13-19-6-1-2-11-24-19/h3-5,7-10,12,19H,1-2,6,11,13-14H2,(H,22,23). The Morgan fingerprint density at radius 2 is 2.04 bits per heavy atom. The molecule has 25 heavy (non-hydrogen) atoms. The zero-order valence-corrected chi connectivity index (χ0v) is 14.0. The Kier molecular flexibility index (Phi) is 6.01. The monoisotopic (exact) mass is 343 g/mol. The molecule has 132 valence electrons. The molecule has 0 saturated carbocycles. The Morgan fingerprint density at radius 1 is 1.20 bits per heavy atom. The van der Waals surface area contributed by atoms with Crippen LogP contribution in [0.5, 0.6) is 5.75 Å². The van der Waals surface area contributed by atoms with Gasteiger partial charge in [0, 0.05) is 12.3 Å². The number of ether oxygens (including phenoxy) is 2. The van der Waals surface area contributed by atoms with Crippen molar-refractivity contribution in [1.82, 2.24) is 0 Å². The number of rotatable bonds is 6. The van der Waals surface area contributed by atoms with E-state index in [2.05, 4.69) is 5.32 Å². The summed E-state index contributed by atoms with van der Waals surface area (Å²) in [5.74, 6) is 0.347. The van der Waals surface area contributed by atoms with Gasteiger partial charge in [-0.2, -0.15) is 0 Å². The van der Waals surface area contributed by atoms with E-state index in [1.54, 1.807) is 30.3 Å². The number of hydrogen-bond donors (Lipinski definition) is 1. The van der Waals surface area contributed by atoms with Crippen LogP contribution in [-0.2, 0) is 16.1 Å². The number of hydrogen-bond acceptors (Lipinski definition) is 3. The lowest BCUT2D eigenvalue weighted by molar-refractivity contribution is -0.119. The van der Waals surface area contributed by atoms with Crippen molar-refractivity contribution in [2.24, 2.45) is 0 Å². The Hall–Kier alpha value is -2.40. The fraction of sp³-hybridized carbons (Fsp3) is 0.350. The van der Waals surface area contributed by atoms with E-state index in [0.717, 1.165) is 37.1 Å². The van der Waals surface area contributed by atoms with Crippen LogP contribution < -0.4 is 10.1 Å². The van der Waals surface area contributed by atoms with Gasteiger partial charge < -0.3 is 14.8 Å². The highest BCUT2D eigenvalue weighted by Crippen LogP contribution is 2.19. The van der Waals surface area contributed by atoms with E-state index in [1.807, 2.05) is 6.07 Å². The fourth-order valence-corrected chi connectivity index (χ4v) is 2.82. The highest BCUT2D eigenvalue weighted by Gasteiger charge is 2.17. The summed E-state index contributed by atoms with van der Waals surface area (Å²) in [5.41, 5.74) is 1.49. The van der Waals surface area contributed by atoms with Crippen LogP contribution in [-0.4, -0.2) is 18.6 Å². The molecule has 2 aromatic carbocycles. The normalized spacial score (nSPS) is 17.1. The second kappa shape index (κ2) is 8.62. The van der Waals surface area contributed by atoms with Crippen LogP contribution in [0.2, 0.25) is 0 Å². The van der Waals surface area contributed by atoms with E-state index in [0.29, 0.717) is 18.8 Å². The SMILES string of the molecule is O=C(CC1CCCCO1)Nc1ccc(OCc2cccc(F)c2)cc1. The molecule has 3 rings (SSSR count). The van der Waals surface area contributed by atoms with Gasteiger partial charge in [0.2, 0.25) is 5.91 Å². The molecular weight excluding hydrogens is 321 g/mol. The van der Waals surface area contributed by atoms with Crippen molar-refractivity contribution in [3.05, 3.63) is 59.9 Å². The molecule has 1 aliphatic rings. The molecule has 1 aliphatic heterocycles. The third-order valence-corrected chi connectivity index (χ3v) is 4.12. The molecule has 0 spiro atoms. The van der Waals surface area contributed by atoms with Crippen molar-refractivity contribution < 1.29 is 18.7 Å². The Bertz CT molecular complexity index is 696.